The zero-order valence-corrected chi connectivity index (χ0v) is 23.3. The number of para-hydroxylation sites is 1. The van der Waals surface area contributed by atoms with E-state index in [1.165, 1.54) is 0 Å². The van der Waals surface area contributed by atoms with E-state index >= 15 is 0 Å². The molecule has 208 valence electrons. The van der Waals surface area contributed by atoms with Crippen LogP contribution in [0.5, 0.6) is 5.75 Å². The lowest BCUT2D eigenvalue weighted by atomic mass is 9.89. The number of benzene rings is 4. The van der Waals surface area contributed by atoms with Gasteiger partial charge < -0.3 is 25.2 Å². The van der Waals surface area contributed by atoms with Gasteiger partial charge in [0, 0.05) is 35.6 Å². The van der Waals surface area contributed by atoms with Crippen LogP contribution in [-0.2, 0) is 0 Å². The first-order chi connectivity index (χ1) is 20.1. The number of hydrogen-bond donors (Lipinski definition) is 3. The number of nitrogens with zero attached hydrogens (tertiary/aromatic N) is 3. The van der Waals surface area contributed by atoms with Crippen LogP contribution in [0.1, 0.15) is 18.1 Å². The molecule has 1 aliphatic carbocycles. The Balaban J connectivity index is 1.58. The van der Waals surface area contributed by atoms with E-state index in [2.05, 4.69) is 30.4 Å². The van der Waals surface area contributed by atoms with E-state index in [9.17, 15) is 10.2 Å². The zero-order valence-electron chi connectivity index (χ0n) is 23.3. The maximum atomic E-state index is 9.58. The number of ether oxygens (including phenoxy) is 1. The normalized spacial score (nSPS) is 14.5. The lowest BCUT2D eigenvalue weighted by Crippen LogP contribution is -2.29. The van der Waals surface area contributed by atoms with Crippen molar-refractivity contribution in [2.24, 2.45) is 9.98 Å². The van der Waals surface area contributed by atoms with Crippen LogP contribution in [0.3, 0.4) is 0 Å². The minimum Gasteiger partial charge on any atom is -0.497 e. The van der Waals surface area contributed by atoms with Gasteiger partial charge in [-0.3, -0.25) is 0 Å². The number of hydrogen-bond acceptors (Lipinski definition) is 7. The molecular weight excluding hydrogens is 512 g/mol. The maximum Gasteiger partial charge on any atom is 0.119 e. The molecule has 0 aliphatic heterocycles. The van der Waals surface area contributed by atoms with Gasteiger partial charge in [0.2, 0.25) is 0 Å². The van der Waals surface area contributed by atoms with Crippen molar-refractivity contribution in [2.45, 2.75) is 6.92 Å². The molecule has 0 saturated carbocycles. The Hall–Kier alpha value is -4.72. The predicted octanol–water partition coefficient (Wildman–Crippen LogP) is 6.43. The third kappa shape index (κ3) is 6.54. The number of rotatable bonds is 10. The SMILES string of the molecule is COc1ccc(N=C2C=C(C)C(=Nc3ccc(N(CCO)CCO)cc3Nc3ccccc3)c3ccccc32)cc1. The summed E-state index contributed by atoms with van der Waals surface area (Å²) >= 11 is 0. The second kappa shape index (κ2) is 13.1. The van der Waals surface area contributed by atoms with Crippen molar-refractivity contribution in [1.29, 1.82) is 0 Å². The quantitative estimate of drug-likeness (QED) is 0.213. The number of aliphatic imine (C=N–C) groups is 2. The van der Waals surface area contributed by atoms with Crippen LogP contribution in [-0.4, -0.2) is 55.0 Å². The Morgan fingerprint density at radius 3 is 2.15 bits per heavy atom. The molecule has 7 nitrogen and oxygen atoms in total. The third-order valence-electron chi connectivity index (χ3n) is 6.88. The number of aliphatic hydroxyl groups excluding tert-OH is 2. The van der Waals surface area contributed by atoms with Crippen molar-refractivity contribution in [3.8, 4) is 5.75 Å². The van der Waals surface area contributed by atoms with Gasteiger partial charge in [0.25, 0.3) is 0 Å². The molecule has 0 fully saturated rings. The average Bonchev–Trinajstić information content (AvgIpc) is 3.00. The fourth-order valence-corrected chi connectivity index (χ4v) is 4.84. The fourth-order valence-electron chi connectivity index (χ4n) is 4.84. The van der Waals surface area contributed by atoms with Gasteiger partial charge in [-0.1, -0.05) is 42.5 Å². The average molecular weight is 547 g/mol. The van der Waals surface area contributed by atoms with Crippen molar-refractivity contribution in [2.75, 3.05) is 43.6 Å². The van der Waals surface area contributed by atoms with E-state index in [-0.39, 0.29) is 13.2 Å². The number of methoxy groups -OCH3 is 1. The van der Waals surface area contributed by atoms with E-state index in [0.717, 1.165) is 62.3 Å². The van der Waals surface area contributed by atoms with E-state index in [1.54, 1.807) is 7.11 Å². The molecule has 0 amide bonds. The maximum absolute atomic E-state index is 9.58. The predicted molar refractivity (Wildman–Crippen MR) is 168 cm³/mol. The van der Waals surface area contributed by atoms with Crippen molar-refractivity contribution in [3.05, 3.63) is 120 Å². The standard InChI is InChI=1S/C34H34N4O3/c1-24-22-32(35-26-12-15-28(41-2)16-13-26)29-10-6-7-11-30(29)34(24)37-31-17-14-27(38(18-20-39)19-21-40)23-33(31)36-25-8-4-3-5-9-25/h3-17,22-23,36,39-40H,18-21H2,1-2H3. The molecule has 0 atom stereocenters. The molecule has 0 radical (unpaired) electrons. The molecular formula is C34H34N4O3. The summed E-state index contributed by atoms with van der Waals surface area (Å²) in [5.41, 5.74) is 9.06. The van der Waals surface area contributed by atoms with Crippen molar-refractivity contribution in [1.82, 2.24) is 0 Å². The Morgan fingerprint density at radius 2 is 1.46 bits per heavy atom. The largest absolute Gasteiger partial charge is 0.497 e. The number of aliphatic hydroxyl groups is 2. The van der Waals surface area contributed by atoms with Gasteiger partial charge in [-0.2, -0.15) is 0 Å². The Bertz CT molecular complexity index is 1570. The summed E-state index contributed by atoms with van der Waals surface area (Å²) in [6.07, 6.45) is 2.08. The molecule has 0 unspecified atom stereocenters. The second-order valence-corrected chi connectivity index (χ2v) is 9.66. The highest BCUT2D eigenvalue weighted by molar-refractivity contribution is 6.28. The molecule has 4 aromatic rings. The van der Waals surface area contributed by atoms with Gasteiger partial charge in [-0.15, -0.1) is 0 Å². The topological polar surface area (TPSA) is 89.7 Å². The zero-order chi connectivity index (χ0) is 28.6. The molecule has 3 N–H and O–H groups in total. The molecule has 4 aromatic carbocycles. The van der Waals surface area contributed by atoms with Crippen molar-refractivity contribution < 1.29 is 14.9 Å². The third-order valence-corrected chi connectivity index (χ3v) is 6.88. The molecule has 0 bridgehead atoms. The van der Waals surface area contributed by atoms with Crippen LogP contribution in [0.25, 0.3) is 0 Å². The summed E-state index contributed by atoms with van der Waals surface area (Å²) in [6, 6.07) is 31.8. The molecule has 0 aromatic heterocycles. The fraction of sp³-hybridized carbons (Fsp3) is 0.176. The first-order valence-electron chi connectivity index (χ1n) is 13.6. The highest BCUT2D eigenvalue weighted by atomic mass is 16.5. The highest BCUT2D eigenvalue weighted by Gasteiger charge is 2.21. The van der Waals surface area contributed by atoms with Crippen LogP contribution < -0.4 is 15.0 Å². The molecule has 0 spiro atoms. The van der Waals surface area contributed by atoms with Crippen LogP contribution >= 0.6 is 0 Å². The molecule has 1 aliphatic rings. The van der Waals surface area contributed by atoms with Gasteiger partial charge in [0.05, 0.1) is 48.8 Å². The summed E-state index contributed by atoms with van der Waals surface area (Å²) < 4.78 is 5.29. The van der Waals surface area contributed by atoms with Gasteiger partial charge in [-0.05, 0) is 73.2 Å². The van der Waals surface area contributed by atoms with Crippen molar-refractivity contribution in [3.63, 3.8) is 0 Å². The minimum absolute atomic E-state index is 0.00726. The summed E-state index contributed by atoms with van der Waals surface area (Å²) in [7, 11) is 1.65. The second-order valence-electron chi connectivity index (χ2n) is 9.66. The number of anilines is 3. The van der Waals surface area contributed by atoms with Gasteiger partial charge in [-0.25, -0.2) is 9.98 Å². The van der Waals surface area contributed by atoms with Crippen LogP contribution in [0.15, 0.2) is 119 Å². The van der Waals surface area contributed by atoms with E-state index in [0.29, 0.717) is 13.1 Å². The number of fused-ring (bicyclic) bond motifs is 1. The smallest absolute Gasteiger partial charge is 0.119 e. The molecule has 0 saturated heterocycles. The van der Waals surface area contributed by atoms with Gasteiger partial charge in [0.15, 0.2) is 0 Å². The monoisotopic (exact) mass is 546 g/mol. The van der Waals surface area contributed by atoms with Crippen LogP contribution in [0.4, 0.5) is 28.4 Å². The van der Waals surface area contributed by atoms with E-state index < -0.39 is 0 Å². The Kier molecular flexibility index (Phi) is 8.89. The molecule has 7 heteroatoms. The lowest BCUT2D eigenvalue weighted by Gasteiger charge is -2.24. The first-order valence-corrected chi connectivity index (χ1v) is 13.6. The molecule has 5 rings (SSSR count). The van der Waals surface area contributed by atoms with Gasteiger partial charge in [0.1, 0.15) is 5.75 Å². The minimum atomic E-state index is -0.00726. The Morgan fingerprint density at radius 1 is 0.780 bits per heavy atom. The van der Waals surface area contributed by atoms with Crippen molar-refractivity contribution >= 4 is 39.9 Å². The van der Waals surface area contributed by atoms with E-state index in [4.69, 9.17) is 14.7 Å². The lowest BCUT2D eigenvalue weighted by molar-refractivity contribution is 0.281. The van der Waals surface area contributed by atoms with Crippen LogP contribution in [0, 0.1) is 0 Å². The Labute approximate surface area is 240 Å². The number of allylic oxidation sites excluding steroid dienone is 2. The summed E-state index contributed by atoms with van der Waals surface area (Å²) in [6.45, 7) is 2.88. The first kappa shape index (κ1) is 27.8. The van der Waals surface area contributed by atoms with Crippen LogP contribution in [0.2, 0.25) is 0 Å². The summed E-state index contributed by atoms with van der Waals surface area (Å²) in [4.78, 5) is 12.1. The highest BCUT2D eigenvalue weighted by Crippen LogP contribution is 2.35. The molecule has 41 heavy (non-hydrogen) atoms. The van der Waals surface area contributed by atoms with Gasteiger partial charge >= 0.3 is 0 Å². The summed E-state index contributed by atoms with van der Waals surface area (Å²) in [5.74, 6) is 0.793. The van der Waals surface area contributed by atoms with E-state index in [1.807, 2.05) is 89.8 Å². The summed E-state index contributed by atoms with van der Waals surface area (Å²) in [5, 5.41) is 22.7. The molecule has 0 heterocycles. The number of nitrogens with one attached hydrogen (secondary N) is 1.